The summed E-state index contributed by atoms with van der Waals surface area (Å²) in [5.74, 6) is -0.119. The largest absolute Gasteiger partial charge is 0.478 e. The molecule has 0 saturated carbocycles. The number of rotatable bonds is 2. The first-order valence-corrected chi connectivity index (χ1v) is 7.39. The van der Waals surface area contributed by atoms with Crippen molar-refractivity contribution in [2.24, 2.45) is 0 Å². The lowest BCUT2D eigenvalue weighted by molar-refractivity contribution is 0.0696. The Kier molecular flexibility index (Phi) is 4.23. The Morgan fingerprint density at radius 2 is 2.00 bits per heavy atom. The Bertz CT molecular complexity index is 537. The highest BCUT2D eigenvalue weighted by Gasteiger charge is 2.26. The molecule has 0 radical (unpaired) electrons. The summed E-state index contributed by atoms with van der Waals surface area (Å²) in [4.78, 5) is 20.6. The Morgan fingerprint density at radius 1 is 1.33 bits per heavy atom. The van der Waals surface area contributed by atoms with Crippen molar-refractivity contribution in [1.29, 1.82) is 0 Å². The van der Waals surface area contributed by atoms with Crippen LogP contribution in [0.2, 0.25) is 0 Å². The SMILES string of the molecule is CC1CN(C)CCN1c1cc(C(=O)O)cc(C(C)(C)C)n1. The first kappa shape index (κ1) is 15.8. The maximum absolute atomic E-state index is 11.4. The Labute approximate surface area is 126 Å². The first-order chi connectivity index (χ1) is 9.68. The second-order valence-electron chi connectivity index (χ2n) is 6.96. The fourth-order valence-corrected chi connectivity index (χ4v) is 2.65. The number of hydrogen-bond donors (Lipinski definition) is 1. The maximum Gasteiger partial charge on any atom is 0.335 e. The fourth-order valence-electron chi connectivity index (χ4n) is 2.65. The lowest BCUT2D eigenvalue weighted by Crippen LogP contribution is -2.51. The molecule has 0 aromatic carbocycles. The molecule has 0 aliphatic carbocycles. The number of carbonyl (C=O) groups is 1. The number of carboxylic acid groups (broad SMARTS) is 1. The molecule has 1 saturated heterocycles. The first-order valence-electron chi connectivity index (χ1n) is 7.39. The van der Waals surface area contributed by atoms with Crippen LogP contribution in [0.3, 0.4) is 0 Å². The molecule has 1 aliphatic rings. The van der Waals surface area contributed by atoms with Crippen molar-refractivity contribution in [1.82, 2.24) is 9.88 Å². The molecule has 1 unspecified atom stereocenters. The maximum atomic E-state index is 11.4. The van der Waals surface area contributed by atoms with Crippen LogP contribution in [-0.2, 0) is 5.41 Å². The average Bonchev–Trinajstić information content (AvgIpc) is 2.37. The minimum Gasteiger partial charge on any atom is -0.478 e. The van der Waals surface area contributed by atoms with Gasteiger partial charge in [0.05, 0.1) is 5.56 Å². The van der Waals surface area contributed by atoms with Gasteiger partial charge in [0.25, 0.3) is 0 Å². The number of carboxylic acids is 1. The second kappa shape index (κ2) is 5.64. The number of anilines is 1. The molecule has 1 aliphatic heterocycles. The number of likely N-dealkylation sites (N-methyl/N-ethyl adjacent to an activating group) is 1. The summed E-state index contributed by atoms with van der Waals surface area (Å²) in [7, 11) is 2.11. The van der Waals surface area contributed by atoms with Crippen LogP contribution in [0.25, 0.3) is 0 Å². The van der Waals surface area contributed by atoms with Gasteiger partial charge in [-0.3, -0.25) is 0 Å². The molecule has 0 bridgehead atoms. The summed E-state index contributed by atoms with van der Waals surface area (Å²) in [6.07, 6.45) is 0. The van der Waals surface area contributed by atoms with Crippen molar-refractivity contribution >= 4 is 11.8 Å². The number of nitrogens with zero attached hydrogens (tertiary/aromatic N) is 3. The van der Waals surface area contributed by atoms with E-state index >= 15 is 0 Å². The van der Waals surface area contributed by atoms with Crippen molar-refractivity contribution in [3.8, 4) is 0 Å². The van der Waals surface area contributed by atoms with E-state index in [1.165, 1.54) is 0 Å². The molecule has 2 rings (SSSR count). The third kappa shape index (κ3) is 3.53. The van der Waals surface area contributed by atoms with Crippen molar-refractivity contribution in [3.05, 3.63) is 23.4 Å². The van der Waals surface area contributed by atoms with Crippen LogP contribution in [-0.4, -0.2) is 53.7 Å². The van der Waals surface area contributed by atoms with Crippen LogP contribution < -0.4 is 4.90 Å². The molecule has 116 valence electrons. The normalized spacial score (nSPS) is 20.6. The lowest BCUT2D eigenvalue weighted by Gasteiger charge is -2.39. The van der Waals surface area contributed by atoms with E-state index in [-0.39, 0.29) is 5.41 Å². The number of aromatic nitrogens is 1. The molecular weight excluding hydrogens is 266 g/mol. The zero-order chi connectivity index (χ0) is 15.8. The predicted molar refractivity (Wildman–Crippen MR) is 84.2 cm³/mol. The van der Waals surface area contributed by atoms with Crippen LogP contribution in [0, 0.1) is 0 Å². The summed E-state index contributed by atoms with van der Waals surface area (Å²) < 4.78 is 0. The topological polar surface area (TPSA) is 56.7 Å². The summed E-state index contributed by atoms with van der Waals surface area (Å²) in [5, 5.41) is 9.35. The minimum absolute atomic E-state index is 0.171. The van der Waals surface area contributed by atoms with E-state index < -0.39 is 5.97 Å². The number of hydrogen-bond acceptors (Lipinski definition) is 4. The van der Waals surface area contributed by atoms with E-state index in [1.807, 2.05) is 0 Å². The van der Waals surface area contributed by atoms with Crippen LogP contribution in [0.4, 0.5) is 5.82 Å². The molecule has 0 amide bonds. The molecule has 2 heterocycles. The van der Waals surface area contributed by atoms with Crippen molar-refractivity contribution in [2.75, 3.05) is 31.6 Å². The smallest absolute Gasteiger partial charge is 0.335 e. The predicted octanol–water partition coefficient (Wildman–Crippen LogP) is 2.22. The third-order valence-corrected chi connectivity index (χ3v) is 3.95. The lowest BCUT2D eigenvalue weighted by atomic mass is 9.90. The summed E-state index contributed by atoms with van der Waals surface area (Å²) in [6.45, 7) is 11.1. The number of aromatic carboxylic acids is 1. The van der Waals surface area contributed by atoms with Crippen LogP contribution in [0.15, 0.2) is 12.1 Å². The molecule has 0 spiro atoms. The quantitative estimate of drug-likeness (QED) is 0.905. The van der Waals surface area contributed by atoms with Gasteiger partial charge in [-0.15, -0.1) is 0 Å². The molecular formula is C16H25N3O2. The van der Waals surface area contributed by atoms with E-state index in [9.17, 15) is 9.90 Å². The average molecular weight is 291 g/mol. The standard InChI is InChI=1S/C16H25N3O2/c1-11-10-18(5)6-7-19(11)14-9-12(15(20)21)8-13(17-14)16(2,3)4/h8-9,11H,6-7,10H2,1-5H3,(H,20,21). The number of pyridine rings is 1. The minimum atomic E-state index is -0.897. The van der Waals surface area contributed by atoms with Crippen LogP contribution in [0.5, 0.6) is 0 Å². The highest BCUT2D eigenvalue weighted by Crippen LogP contribution is 2.26. The highest BCUT2D eigenvalue weighted by molar-refractivity contribution is 5.88. The molecule has 5 nitrogen and oxygen atoms in total. The van der Waals surface area contributed by atoms with Crippen molar-refractivity contribution in [2.45, 2.75) is 39.2 Å². The van der Waals surface area contributed by atoms with Crippen LogP contribution in [0.1, 0.15) is 43.7 Å². The van der Waals surface area contributed by atoms with Gasteiger partial charge in [-0.2, -0.15) is 0 Å². The molecule has 1 aromatic heterocycles. The third-order valence-electron chi connectivity index (χ3n) is 3.95. The molecule has 1 fully saturated rings. The van der Waals surface area contributed by atoms with Gasteiger partial charge in [-0.1, -0.05) is 20.8 Å². The van der Waals surface area contributed by atoms with Gasteiger partial charge in [0.2, 0.25) is 0 Å². The van der Waals surface area contributed by atoms with E-state index in [1.54, 1.807) is 12.1 Å². The van der Waals surface area contributed by atoms with E-state index in [4.69, 9.17) is 4.98 Å². The van der Waals surface area contributed by atoms with Gasteiger partial charge in [-0.25, -0.2) is 9.78 Å². The van der Waals surface area contributed by atoms with E-state index in [0.717, 1.165) is 31.1 Å². The molecule has 1 aromatic rings. The van der Waals surface area contributed by atoms with Gasteiger partial charge in [-0.05, 0) is 26.1 Å². The summed E-state index contributed by atoms with van der Waals surface area (Å²) in [6, 6.07) is 3.71. The molecule has 1 N–H and O–H groups in total. The number of piperazine rings is 1. The monoisotopic (exact) mass is 291 g/mol. The fraction of sp³-hybridized carbons (Fsp3) is 0.625. The van der Waals surface area contributed by atoms with E-state index in [2.05, 4.69) is 44.5 Å². The van der Waals surface area contributed by atoms with Crippen LogP contribution >= 0.6 is 0 Å². The molecule has 5 heteroatoms. The Balaban J connectivity index is 2.43. The van der Waals surface area contributed by atoms with Crippen molar-refractivity contribution < 1.29 is 9.90 Å². The summed E-state index contributed by atoms with van der Waals surface area (Å²) >= 11 is 0. The Hall–Kier alpha value is -1.62. The Morgan fingerprint density at radius 3 is 2.52 bits per heavy atom. The van der Waals surface area contributed by atoms with Gasteiger partial charge in [0.1, 0.15) is 5.82 Å². The van der Waals surface area contributed by atoms with E-state index in [0.29, 0.717) is 11.6 Å². The second-order valence-corrected chi connectivity index (χ2v) is 6.96. The highest BCUT2D eigenvalue weighted by atomic mass is 16.4. The van der Waals surface area contributed by atoms with Gasteiger partial charge >= 0.3 is 5.97 Å². The zero-order valence-electron chi connectivity index (χ0n) is 13.6. The molecule has 1 atom stereocenters. The zero-order valence-corrected chi connectivity index (χ0v) is 13.6. The van der Waals surface area contributed by atoms with Gasteiger partial charge in [0.15, 0.2) is 0 Å². The summed E-state index contributed by atoms with van der Waals surface area (Å²) in [5.41, 5.74) is 0.968. The van der Waals surface area contributed by atoms with Crippen molar-refractivity contribution in [3.63, 3.8) is 0 Å². The molecule has 21 heavy (non-hydrogen) atoms. The van der Waals surface area contributed by atoms with Gasteiger partial charge < -0.3 is 14.9 Å². The van der Waals surface area contributed by atoms with Gasteiger partial charge in [0, 0.05) is 36.8 Å².